The van der Waals surface area contributed by atoms with Crippen molar-refractivity contribution in [3.8, 4) is 5.75 Å². The fourth-order valence-electron chi connectivity index (χ4n) is 1.41. The molecule has 0 aliphatic carbocycles. The Morgan fingerprint density at radius 2 is 2.00 bits per heavy atom. The topological polar surface area (TPSA) is 75.6 Å². The monoisotopic (exact) mass is 297 g/mol. The van der Waals surface area contributed by atoms with E-state index in [4.69, 9.17) is 9.84 Å². The minimum absolute atomic E-state index is 0.0264. The zero-order valence-electron chi connectivity index (χ0n) is 12.0. The number of aromatic carboxylic acids is 1. The zero-order valence-corrected chi connectivity index (χ0v) is 12.8. The van der Waals surface area contributed by atoms with Crippen molar-refractivity contribution in [3.63, 3.8) is 0 Å². The van der Waals surface area contributed by atoms with E-state index in [0.717, 1.165) is 0 Å². The fourth-order valence-corrected chi connectivity index (χ4v) is 2.04. The van der Waals surface area contributed by atoms with Crippen LogP contribution < -0.4 is 10.1 Å². The quantitative estimate of drug-likeness (QED) is 0.874. The molecule has 110 valence electrons. The van der Waals surface area contributed by atoms with Gasteiger partial charge in [0.2, 0.25) is 5.91 Å². The molecule has 0 atom stereocenters. The Balaban J connectivity index is 2.84. The standard InChI is InChI=1S/C14H19NO4S/c1-14(2,3)20-8-12(16)15-11-7-9(19-4)5-6-10(11)13(17)18/h5-7H,8H2,1-4H3,(H,15,16)(H,17,18). The highest BCUT2D eigenvalue weighted by Gasteiger charge is 2.16. The van der Waals surface area contributed by atoms with Crippen molar-refractivity contribution in [2.45, 2.75) is 25.5 Å². The van der Waals surface area contributed by atoms with E-state index in [-0.39, 0.29) is 27.7 Å². The molecule has 1 amide bonds. The number of benzene rings is 1. The molecule has 0 heterocycles. The summed E-state index contributed by atoms with van der Waals surface area (Å²) >= 11 is 1.49. The summed E-state index contributed by atoms with van der Waals surface area (Å²) < 4.78 is 5.01. The van der Waals surface area contributed by atoms with Gasteiger partial charge in [0.1, 0.15) is 5.75 Å². The number of methoxy groups -OCH3 is 1. The largest absolute Gasteiger partial charge is 0.497 e. The molecule has 2 N–H and O–H groups in total. The van der Waals surface area contributed by atoms with Crippen molar-refractivity contribution in [1.82, 2.24) is 0 Å². The molecule has 0 aromatic heterocycles. The molecule has 0 fully saturated rings. The van der Waals surface area contributed by atoms with Crippen LogP contribution in [-0.4, -0.2) is 34.6 Å². The summed E-state index contributed by atoms with van der Waals surface area (Å²) in [7, 11) is 1.48. The molecule has 1 rings (SSSR count). The maximum absolute atomic E-state index is 11.9. The van der Waals surface area contributed by atoms with E-state index in [0.29, 0.717) is 5.75 Å². The predicted molar refractivity (Wildman–Crippen MR) is 80.8 cm³/mol. The molecule has 0 aliphatic heterocycles. The number of carbonyl (C=O) groups is 2. The fraction of sp³-hybridized carbons (Fsp3) is 0.429. The number of carboxylic acid groups (broad SMARTS) is 1. The number of hydrogen-bond acceptors (Lipinski definition) is 4. The van der Waals surface area contributed by atoms with Crippen molar-refractivity contribution < 1.29 is 19.4 Å². The van der Waals surface area contributed by atoms with E-state index in [1.54, 1.807) is 6.07 Å². The first-order valence-corrected chi connectivity index (χ1v) is 7.06. The van der Waals surface area contributed by atoms with Crippen LogP contribution in [0.4, 0.5) is 5.69 Å². The number of thioether (sulfide) groups is 1. The van der Waals surface area contributed by atoms with Crippen LogP contribution in [0.3, 0.4) is 0 Å². The number of carbonyl (C=O) groups excluding carboxylic acids is 1. The molecule has 0 aliphatic rings. The number of nitrogens with one attached hydrogen (secondary N) is 1. The van der Waals surface area contributed by atoms with Gasteiger partial charge in [-0.1, -0.05) is 20.8 Å². The van der Waals surface area contributed by atoms with E-state index in [1.165, 1.54) is 31.0 Å². The molecule has 0 spiro atoms. The summed E-state index contributed by atoms with van der Waals surface area (Å²) in [4.78, 5) is 23.0. The molecular formula is C14H19NO4S. The lowest BCUT2D eigenvalue weighted by atomic mass is 10.1. The average molecular weight is 297 g/mol. The Bertz CT molecular complexity index is 508. The Labute approximate surface area is 122 Å². The predicted octanol–water partition coefficient (Wildman–Crippen LogP) is 2.86. The van der Waals surface area contributed by atoms with Gasteiger partial charge in [0.15, 0.2) is 0 Å². The van der Waals surface area contributed by atoms with Gasteiger partial charge < -0.3 is 15.2 Å². The van der Waals surface area contributed by atoms with Crippen LogP contribution in [-0.2, 0) is 4.79 Å². The van der Waals surface area contributed by atoms with Crippen LogP contribution in [0.15, 0.2) is 18.2 Å². The SMILES string of the molecule is COc1ccc(C(=O)O)c(NC(=O)CSC(C)(C)C)c1. The third kappa shape index (κ3) is 5.13. The smallest absolute Gasteiger partial charge is 0.337 e. The molecular weight excluding hydrogens is 278 g/mol. The Hall–Kier alpha value is -1.69. The van der Waals surface area contributed by atoms with Gasteiger partial charge in [0.05, 0.1) is 24.1 Å². The first-order chi connectivity index (χ1) is 9.23. The Kier molecular flexibility index (Phi) is 5.44. The van der Waals surface area contributed by atoms with Gasteiger partial charge >= 0.3 is 5.97 Å². The van der Waals surface area contributed by atoms with E-state index in [1.807, 2.05) is 20.8 Å². The second-order valence-electron chi connectivity index (χ2n) is 5.17. The van der Waals surface area contributed by atoms with Gasteiger partial charge in [-0.05, 0) is 12.1 Å². The summed E-state index contributed by atoms with van der Waals surface area (Å²) in [5.41, 5.74) is 0.288. The van der Waals surface area contributed by atoms with Gasteiger partial charge in [0.25, 0.3) is 0 Å². The van der Waals surface area contributed by atoms with Crippen LogP contribution in [0.1, 0.15) is 31.1 Å². The van der Waals surface area contributed by atoms with Crippen LogP contribution in [0.2, 0.25) is 0 Å². The summed E-state index contributed by atoms with van der Waals surface area (Å²) in [6, 6.07) is 4.46. The van der Waals surface area contributed by atoms with E-state index >= 15 is 0 Å². The Morgan fingerprint density at radius 1 is 1.35 bits per heavy atom. The van der Waals surface area contributed by atoms with Crippen LogP contribution >= 0.6 is 11.8 Å². The molecule has 0 bridgehead atoms. The lowest BCUT2D eigenvalue weighted by Gasteiger charge is -2.17. The number of anilines is 1. The first kappa shape index (κ1) is 16.4. The molecule has 1 aromatic carbocycles. The van der Waals surface area contributed by atoms with Crippen molar-refractivity contribution in [2.75, 3.05) is 18.2 Å². The van der Waals surface area contributed by atoms with Gasteiger partial charge in [-0.3, -0.25) is 4.79 Å². The molecule has 0 radical (unpaired) electrons. The summed E-state index contributed by atoms with van der Waals surface area (Å²) in [6.07, 6.45) is 0. The lowest BCUT2D eigenvalue weighted by molar-refractivity contribution is -0.113. The van der Waals surface area contributed by atoms with E-state index < -0.39 is 5.97 Å². The maximum Gasteiger partial charge on any atom is 0.337 e. The molecule has 0 unspecified atom stereocenters. The maximum atomic E-state index is 11.9. The van der Waals surface area contributed by atoms with Crippen molar-refractivity contribution >= 4 is 29.3 Å². The third-order valence-electron chi connectivity index (χ3n) is 2.37. The summed E-state index contributed by atoms with van der Waals surface area (Å²) in [5, 5.41) is 11.7. The van der Waals surface area contributed by atoms with E-state index in [2.05, 4.69) is 5.32 Å². The van der Waals surface area contributed by atoms with Crippen molar-refractivity contribution in [3.05, 3.63) is 23.8 Å². The number of rotatable bonds is 5. The molecule has 0 saturated heterocycles. The highest BCUT2D eigenvalue weighted by atomic mass is 32.2. The molecule has 5 nitrogen and oxygen atoms in total. The van der Waals surface area contributed by atoms with Crippen molar-refractivity contribution in [1.29, 1.82) is 0 Å². The number of amides is 1. The van der Waals surface area contributed by atoms with Crippen LogP contribution in [0, 0.1) is 0 Å². The minimum Gasteiger partial charge on any atom is -0.497 e. The Morgan fingerprint density at radius 3 is 2.50 bits per heavy atom. The van der Waals surface area contributed by atoms with Gasteiger partial charge in [-0.15, -0.1) is 11.8 Å². The molecule has 6 heteroatoms. The molecule has 1 aromatic rings. The van der Waals surface area contributed by atoms with Crippen LogP contribution in [0.5, 0.6) is 5.75 Å². The zero-order chi connectivity index (χ0) is 15.3. The van der Waals surface area contributed by atoms with Crippen LogP contribution in [0.25, 0.3) is 0 Å². The van der Waals surface area contributed by atoms with Gasteiger partial charge in [-0.2, -0.15) is 0 Å². The third-order valence-corrected chi connectivity index (χ3v) is 3.64. The highest BCUT2D eigenvalue weighted by Crippen LogP contribution is 2.25. The number of carboxylic acids is 1. The normalized spacial score (nSPS) is 11.0. The number of ether oxygens (including phenoxy) is 1. The highest BCUT2D eigenvalue weighted by molar-refractivity contribution is 8.01. The lowest BCUT2D eigenvalue weighted by Crippen LogP contribution is -2.20. The van der Waals surface area contributed by atoms with Gasteiger partial charge in [-0.25, -0.2) is 4.79 Å². The first-order valence-electron chi connectivity index (χ1n) is 6.08. The molecule has 20 heavy (non-hydrogen) atoms. The number of hydrogen-bond donors (Lipinski definition) is 2. The molecule has 0 saturated carbocycles. The minimum atomic E-state index is -1.09. The second-order valence-corrected chi connectivity index (χ2v) is 6.97. The second kappa shape index (κ2) is 6.65. The average Bonchev–Trinajstić information content (AvgIpc) is 2.35. The van der Waals surface area contributed by atoms with Crippen molar-refractivity contribution in [2.24, 2.45) is 0 Å². The van der Waals surface area contributed by atoms with Gasteiger partial charge in [0, 0.05) is 10.8 Å². The van der Waals surface area contributed by atoms with E-state index in [9.17, 15) is 9.59 Å². The summed E-state index contributed by atoms with van der Waals surface area (Å²) in [5.74, 6) is -0.569. The summed E-state index contributed by atoms with van der Waals surface area (Å²) in [6.45, 7) is 6.04.